The first kappa shape index (κ1) is 12.9. The van der Waals surface area contributed by atoms with Crippen LogP contribution in [0.5, 0.6) is 5.75 Å². The fourth-order valence-electron chi connectivity index (χ4n) is 1.89. The van der Waals surface area contributed by atoms with Gasteiger partial charge >= 0.3 is 0 Å². The molecule has 2 amide bonds. The average Bonchev–Trinajstić information content (AvgIpc) is 2.61. The van der Waals surface area contributed by atoms with Crippen LogP contribution >= 0.6 is 15.9 Å². The van der Waals surface area contributed by atoms with Gasteiger partial charge in [-0.1, -0.05) is 15.9 Å². The molecule has 1 aromatic rings. The highest BCUT2D eigenvalue weighted by Gasteiger charge is 2.30. The predicted molar refractivity (Wildman–Crippen MR) is 69.3 cm³/mol. The topological polar surface area (TPSA) is 69.6 Å². The molecule has 0 aliphatic carbocycles. The minimum atomic E-state index is -0.495. The van der Waals surface area contributed by atoms with Gasteiger partial charge in [-0.2, -0.15) is 0 Å². The molecule has 0 aromatic heterocycles. The average molecular weight is 313 g/mol. The summed E-state index contributed by atoms with van der Waals surface area (Å²) < 4.78 is 0.688. The van der Waals surface area contributed by atoms with Crippen LogP contribution in [0.4, 0.5) is 0 Å². The third kappa shape index (κ3) is 2.48. The van der Waals surface area contributed by atoms with Gasteiger partial charge in [0.15, 0.2) is 0 Å². The maximum Gasteiger partial charge on any atom is 0.255 e. The molecular formula is C12H13BrN2O3. The lowest BCUT2D eigenvalue weighted by Crippen LogP contribution is -2.40. The zero-order valence-electron chi connectivity index (χ0n) is 9.81. The monoisotopic (exact) mass is 312 g/mol. The number of aromatic hydroxyl groups is 1. The van der Waals surface area contributed by atoms with Gasteiger partial charge in [0.1, 0.15) is 11.8 Å². The summed E-state index contributed by atoms with van der Waals surface area (Å²) in [6, 6.07) is 4.12. The van der Waals surface area contributed by atoms with Gasteiger partial charge in [-0.3, -0.25) is 9.59 Å². The van der Waals surface area contributed by atoms with Crippen molar-refractivity contribution in [2.24, 2.45) is 0 Å². The van der Waals surface area contributed by atoms with Gasteiger partial charge in [0.05, 0.1) is 5.56 Å². The standard InChI is InChI=1S/C12H13BrN2O3/c1-15-5-4-9(12(15)18)14-11(17)8-3-2-7(13)6-10(8)16/h2-3,6,9,16H,4-5H2,1H3,(H,14,17). The molecule has 0 saturated carbocycles. The first-order chi connectivity index (χ1) is 8.49. The third-order valence-corrected chi connectivity index (χ3v) is 3.43. The quantitative estimate of drug-likeness (QED) is 0.859. The Morgan fingerprint density at radius 1 is 1.56 bits per heavy atom. The smallest absolute Gasteiger partial charge is 0.255 e. The van der Waals surface area contributed by atoms with Crippen molar-refractivity contribution in [3.63, 3.8) is 0 Å². The summed E-state index contributed by atoms with van der Waals surface area (Å²) in [7, 11) is 1.70. The number of likely N-dealkylation sites (tertiary alicyclic amines) is 1. The number of benzene rings is 1. The van der Waals surface area contributed by atoms with Crippen LogP contribution in [-0.4, -0.2) is 41.5 Å². The molecule has 1 unspecified atom stereocenters. The van der Waals surface area contributed by atoms with Crippen molar-refractivity contribution in [3.8, 4) is 5.75 Å². The predicted octanol–water partition coefficient (Wildman–Crippen LogP) is 1.12. The van der Waals surface area contributed by atoms with Gasteiger partial charge in [-0.25, -0.2) is 0 Å². The fraction of sp³-hybridized carbons (Fsp3) is 0.333. The molecule has 1 saturated heterocycles. The molecule has 2 N–H and O–H groups in total. The lowest BCUT2D eigenvalue weighted by atomic mass is 10.1. The van der Waals surface area contributed by atoms with Crippen LogP contribution in [0.1, 0.15) is 16.8 Å². The molecule has 1 heterocycles. The van der Waals surface area contributed by atoms with E-state index in [0.717, 1.165) is 0 Å². The Kier molecular flexibility index (Phi) is 3.56. The normalized spacial score (nSPS) is 19.1. The van der Waals surface area contributed by atoms with E-state index in [2.05, 4.69) is 21.2 Å². The van der Waals surface area contributed by atoms with E-state index in [1.165, 1.54) is 12.1 Å². The lowest BCUT2D eigenvalue weighted by Gasteiger charge is -2.12. The molecule has 1 fully saturated rings. The molecule has 0 bridgehead atoms. The summed E-state index contributed by atoms with van der Waals surface area (Å²) in [6.07, 6.45) is 0.596. The first-order valence-electron chi connectivity index (χ1n) is 5.53. The molecule has 1 aromatic carbocycles. The number of rotatable bonds is 2. The molecule has 1 aliphatic heterocycles. The van der Waals surface area contributed by atoms with E-state index in [4.69, 9.17) is 0 Å². The minimum Gasteiger partial charge on any atom is -0.507 e. The van der Waals surface area contributed by atoms with Crippen molar-refractivity contribution >= 4 is 27.7 Å². The highest BCUT2D eigenvalue weighted by molar-refractivity contribution is 9.10. The molecule has 6 heteroatoms. The molecule has 1 aliphatic rings. The number of likely N-dealkylation sites (N-methyl/N-ethyl adjacent to an activating group) is 1. The van der Waals surface area contributed by atoms with E-state index in [9.17, 15) is 14.7 Å². The summed E-state index contributed by atoms with van der Waals surface area (Å²) in [4.78, 5) is 25.2. The van der Waals surface area contributed by atoms with E-state index < -0.39 is 11.9 Å². The second-order valence-electron chi connectivity index (χ2n) is 4.24. The molecule has 5 nitrogen and oxygen atoms in total. The zero-order valence-corrected chi connectivity index (χ0v) is 11.4. The maximum absolute atomic E-state index is 11.9. The Labute approximate surface area is 113 Å². The zero-order chi connectivity index (χ0) is 13.3. The Morgan fingerprint density at radius 2 is 2.28 bits per heavy atom. The first-order valence-corrected chi connectivity index (χ1v) is 6.32. The Bertz CT molecular complexity index is 504. The van der Waals surface area contributed by atoms with Crippen LogP contribution in [0.25, 0.3) is 0 Å². The number of phenolic OH excluding ortho intramolecular Hbond substituents is 1. The third-order valence-electron chi connectivity index (χ3n) is 2.94. The van der Waals surface area contributed by atoms with Crippen LogP contribution in [0, 0.1) is 0 Å². The number of hydrogen-bond acceptors (Lipinski definition) is 3. The largest absolute Gasteiger partial charge is 0.507 e. The van der Waals surface area contributed by atoms with Crippen molar-refractivity contribution in [1.29, 1.82) is 0 Å². The lowest BCUT2D eigenvalue weighted by molar-refractivity contribution is -0.128. The number of nitrogens with one attached hydrogen (secondary N) is 1. The van der Waals surface area contributed by atoms with E-state index in [0.29, 0.717) is 17.4 Å². The molecule has 2 rings (SSSR count). The van der Waals surface area contributed by atoms with E-state index in [1.807, 2.05) is 0 Å². The Balaban J connectivity index is 2.11. The number of amides is 2. The molecule has 0 radical (unpaired) electrons. The van der Waals surface area contributed by atoms with Crippen molar-refractivity contribution in [2.45, 2.75) is 12.5 Å². The van der Waals surface area contributed by atoms with E-state index in [1.54, 1.807) is 18.0 Å². The van der Waals surface area contributed by atoms with Crippen molar-refractivity contribution in [2.75, 3.05) is 13.6 Å². The van der Waals surface area contributed by atoms with Gasteiger partial charge in [-0.05, 0) is 24.6 Å². The number of hydrogen-bond donors (Lipinski definition) is 2. The van der Waals surface area contributed by atoms with E-state index in [-0.39, 0.29) is 17.2 Å². The summed E-state index contributed by atoms with van der Waals surface area (Å²) >= 11 is 3.20. The van der Waals surface area contributed by atoms with Gasteiger partial charge in [0.2, 0.25) is 5.91 Å². The number of halogens is 1. The van der Waals surface area contributed by atoms with Crippen molar-refractivity contribution < 1.29 is 14.7 Å². The van der Waals surface area contributed by atoms with Crippen molar-refractivity contribution in [3.05, 3.63) is 28.2 Å². The highest BCUT2D eigenvalue weighted by atomic mass is 79.9. The molecular weight excluding hydrogens is 300 g/mol. The SMILES string of the molecule is CN1CCC(NC(=O)c2ccc(Br)cc2O)C1=O. The second kappa shape index (κ2) is 4.97. The van der Waals surface area contributed by atoms with E-state index >= 15 is 0 Å². The molecule has 1 atom stereocenters. The van der Waals surface area contributed by atoms with Crippen LogP contribution in [0.15, 0.2) is 22.7 Å². The fourth-order valence-corrected chi connectivity index (χ4v) is 2.24. The molecule has 18 heavy (non-hydrogen) atoms. The second-order valence-corrected chi connectivity index (χ2v) is 5.15. The summed E-state index contributed by atoms with van der Waals surface area (Å²) in [5.74, 6) is -0.644. The molecule has 0 spiro atoms. The van der Waals surface area contributed by atoms with Gasteiger partial charge in [0, 0.05) is 18.1 Å². The summed E-state index contributed by atoms with van der Waals surface area (Å²) in [5.41, 5.74) is 0.167. The number of carbonyl (C=O) groups is 2. The number of phenols is 1. The number of nitrogens with zero attached hydrogens (tertiary/aromatic N) is 1. The van der Waals surface area contributed by atoms with Crippen LogP contribution in [0.2, 0.25) is 0 Å². The molecule has 96 valence electrons. The maximum atomic E-state index is 11.9. The van der Waals surface area contributed by atoms with Gasteiger partial charge in [-0.15, -0.1) is 0 Å². The Morgan fingerprint density at radius 3 is 2.83 bits per heavy atom. The minimum absolute atomic E-state index is 0.0973. The highest BCUT2D eigenvalue weighted by Crippen LogP contribution is 2.22. The summed E-state index contributed by atoms with van der Waals surface area (Å²) in [5, 5.41) is 12.3. The van der Waals surface area contributed by atoms with Crippen LogP contribution < -0.4 is 5.32 Å². The van der Waals surface area contributed by atoms with Gasteiger partial charge in [0.25, 0.3) is 5.91 Å². The van der Waals surface area contributed by atoms with Gasteiger partial charge < -0.3 is 15.3 Å². The van der Waals surface area contributed by atoms with Crippen molar-refractivity contribution in [1.82, 2.24) is 10.2 Å². The Hall–Kier alpha value is -1.56. The van der Waals surface area contributed by atoms with Crippen LogP contribution in [0.3, 0.4) is 0 Å². The summed E-state index contributed by atoms with van der Waals surface area (Å²) in [6.45, 7) is 0.635. The van der Waals surface area contributed by atoms with Crippen LogP contribution in [-0.2, 0) is 4.79 Å². The number of carbonyl (C=O) groups excluding carboxylic acids is 2.